The number of nitrogens with zero attached hydrogens (tertiary/aromatic N) is 1. The second-order valence-corrected chi connectivity index (χ2v) is 6.07. The van der Waals surface area contributed by atoms with Crippen LogP contribution >= 0.6 is 24.2 Å². The molecule has 1 aliphatic heterocycles. The van der Waals surface area contributed by atoms with Crippen molar-refractivity contribution in [1.82, 2.24) is 10.2 Å². The van der Waals surface area contributed by atoms with E-state index in [2.05, 4.69) is 29.9 Å². The summed E-state index contributed by atoms with van der Waals surface area (Å²) in [5.74, 6) is 0.412. The molecule has 1 saturated heterocycles. The largest absolute Gasteiger partial charge is 0.352 e. The zero-order chi connectivity index (χ0) is 13.8. The van der Waals surface area contributed by atoms with E-state index < -0.39 is 0 Å². The lowest BCUT2D eigenvalue weighted by Gasteiger charge is -2.29. The van der Waals surface area contributed by atoms with E-state index in [9.17, 15) is 4.79 Å². The van der Waals surface area contributed by atoms with Gasteiger partial charge in [-0.3, -0.25) is 4.79 Å². The molecule has 3 nitrogen and oxygen atoms in total. The van der Waals surface area contributed by atoms with Crippen molar-refractivity contribution in [3.63, 3.8) is 0 Å². The first-order chi connectivity index (χ1) is 9.06. The van der Waals surface area contributed by atoms with Gasteiger partial charge in [-0.2, -0.15) is 0 Å². The topological polar surface area (TPSA) is 32.3 Å². The number of nitrogens with one attached hydrogen (secondary N) is 1. The minimum absolute atomic E-state index is 0.117. The molecule has 1 atom stereocenters. The average molecular weight is 299 g/mol. The van der Waals surface area contributed by atoms with Gasteiger partial charge in [-0.05, 0) is 50.6 Å². The van der Waals surface area contributed by atoms with Crippen LogP contribution in [0.3, 0.4) is 0 Å². The average Bonchev–Trinajstić information content (AvgIpc) is 2.39. The number of halogens is 1. The lowest BCUT2D eigenvalue weighted by molar-refractivity contribution is 0.0936. The lowest BCUT2D eigenvalue weighted by Crippen LogP contribution is -2.39. The van der Waals surface area contributed by atoms with Gasteiger partial charge in [0, 0.05) is 18.0 Å². The SMILES string of the molecule is CN1CCCC(CNC(=O)c2cc(S)ccc2Cl)C1. The molecule has 1 heterocycles. The van der Waals surface area contributed by atoms with Crippen molar-refractivity contribution in [3.05, 3.63) is 28.8 Å². The molecule has 104 valence electrons. The summed E-state index contributed by atoms with van der Waals surface area (Å²) < 4.78 is 0. The van der Waals surface area contributed by atoms with Crippen molar-refractivity contribution in [2.45, 2.75) is 17.7 Å². The third-order valence-electron chi connectivity index (χ3n) is 3.47. The van der Waals surface area contributed by atoms with Crippen LogP contribution < -0.4 is 5.32 Å². The summed E-state index contributed by atoms with van der Waals surface area (Å²) in [6, 6.07) is 5.18. The highest BCUT2D eigenvalue weighted by Gasteiger charge is 2.18. The highest BCUT2D eigenvalue weighted by atomic mass is 35.5. The fourth-order valence-electron chi connectivity index (χ4n) is 2.46. The maximum atomic E-state index is 12.1. The third-order valence-corrected chi connectivity index (χ3v) is 4.08. The molecule has 1 fully saturated rings. The first-order valence-electron chi connectivity index (χ1n) is 6.51. The Morgan fingerprint density at radius 1 is 1.58 bits per heavy atom. The Labute approximate surface area is 124 Å². The van der Waals surface area contributed by atoms with E-state index in [1.165, 1.54) is 12.8 Å². The lowest BCUT2D eigenvalue weighted by atomic mass is 9.98. The van der Waals surface area contributed by atoms with Crippen LogP contribution in [0, 0.1) is 5.92 Å². The van der Waals surface area contributed by atoms with Crippen molar-refractivity contribution in [2.24, 2.45) is 5.92 Å². The second kappa shape index (κ2) is 6.64. The van der Waals surface area contributed by atoms with Gasteiger partial charge in [-0.1, -0.05) is 11.6 Å². The standard InChI is InChI=1S/C14H19ClN2OS/c1-17-6-2-3-10(9-17)8-16-14(18)12-7-11(19)4-5-13(12)15/h4-5,7,10,19H,2-3,6,8-9H2,1H3,(H,16,18). The zero-order valence-corrected chi connectivity index (χ0v) is 12.7. The fourth-order valence-corrected chi connectivity index (χ4v) is 2.87. The Bertz CT molecular complexity index is 467. The minimum Gasteiger partial charge on any atom is -0.352 e. The van der Waals surface area contributed by atoms with E-state index >= 15 is 0 Å². The maximum absolute atomic E-state index is 12.1. The molecule has 19 heavy (non-hydrogen) atoms. The highest BCUT2D eigenvalue weighted by molar-refractivity contribution is 7.80. The molecule has 1 aromatic rings. The number of hydrogen-bond donors (Lipinski definition) is 2. The van der Waals surface area contributed by atoms with E-state index in [0.717, 1.165) is 18.0 Å². The molecule has 1 amide bonds. The summed E-state index contributed by atoms with van der Waals surface area (Å²) in [5.41, 5.74) is 0.498. The summed E-state index contributed by atoms with van der Waals surface area (Å²) in [7, 11) is 2.12. The molecule has 1 N–H and O–H groups in total. The number of likely N-dealkylation sites (tertiary alicyclic amines) is 1. The third kappa shape index (κ3) is 4.13. The van der Waals surface area contributed by atoms with Crippen LogP contribution in [0.15, 0.2) is 23.1 Å². The van der Waals surface area contributed by atoms with Crippen molar-refractivity contribution in [3.8, 4) is 0 Å². The second-order valence-electron chi connectivity index (χ2n) is 5.14. The van der Waals surface area contributed by atoms with Gasteiger partial charge >= 0.3 is 0 Å². The Morgan fingerprint density at radius 2 is 2.37 bits per heavy atom. The Hall–Kier alpha value is -0.710. The van der Waals surface area contributed by atoms with Crippen LogP contribution in [0.25, 0.3) is 0 Å². The molecular formula is C14H19ClN2OS. The Balaban J connectivity index is 1.92. The summed E-state index contributed by atoms with van der Waals surface area (Å²) in [6.07, 6.45) is 2.37. The Kier molecular flexibility index (Phi) is 5.13. The highest BCUT2D eigenvalue weighted by Crippen LogP contribution is 2.20. The van der Waals surface area contributed by atoms with E-state index in [4.69, 9.17) is 11.6 Å². The van der Waals surface area contributed by atoms with Crippen molar-refractivity contribution in [1.29, 1.82) is 0 Å². The fraction of sp³-hybridized carbons (Fsp3) is 0.500. The van der Waals surface area contributed by atoms with E-state index in [-0.39, 0.29) is 5.91 Å². The van der Waals surface area contributed by atoms with Gasteiger partial charge in [0.05, 0.1) is 10.6 Å². The van der Waals surface area contributed by atoms with Crippen LogP contribution in [0.2, 0.25) is 5.02 Å². The first-order valence-corrected chi connectivity index (χ1v) is 7.34. The van der Waals surface area contributed by atoms with Gasteiger partial charge in [0.1, 0.15) is 0 Å². The summed E-state index contributed by atoms with van der Waals surface area (Å²) in [6.45, 7) is 2.90. The molecule has 1 unspecified atom stereocenters. The number of benzene rings is 1. The number of carbonyl (C=O) groups excluding carboxylic acids is 1. The van der Waals surface area contributed by atoms with Crippen LogP contribution in [-0.2, 0) is 0 Å². The predicted octanol–water partition coefficient (Wildman–Crippen LogP) is 2.70. The smallest absolute Gasteiger partial charge is 0.252 e. The quantitative estimate of drug-likeness (QED) is 0.841. The maximum Gasteiger partial charge on any atom is 0.252 e. The molecule has 0 spiro atoms. The van der Waals surface area contributed by atoms with Gasteiger partial charge in [0.25, 0.3) is 5.91 Å². The van der Waals surface area contributed by atoms with Crippen LogP contribution in [0.4, 0.5) is 0 Å². The van der Waals surface area contributed by atoms with Crippen LogP contribution in [-0.4, -0.2) is 37.5 Å². The summed E-state index contributed by atoms with van der Waals surface area (Å²) >= 11 is 10.3. The predicted molar refractivity (Wildman–Crippen MR) is 81.3 cm³/mol. The normalized spacial score (nSPS) is 20.3. The Morgan fingerprint density at radius 3 is 3.11 bits per heavy atom. The van der Waals surface area contributed by atoms with Crippen molar-refractivity contribution in [2.75, 3.05) is 26.7 Å². The zero-order valence-electron chi connectivity index (χ0n) is 11.0. The number of thiol groups is 1. The van der Waals surface area contributed by atoms with Gasteiger partial charge in [-0.15, -0.1) is 12.6 Å². The molecule has 0 aliphatic carbocycles. The monoisotopic (exact) mass is 298 g/mol. The molecule has 5 heteroatoms. The molecule has 1 aromatic carbocycles. The van der Waals surface area contributed by atoms with Crippen molar-refractivity contribution < 1.29 is 4.79 Å². The van der Waals surface area contributed by atoms with Gasteiger partial charge in [0.2, 0.25) is 0 Å². The molecule has 0 aromatic heterocycles. The van der Waals surface area contributed by atoms with Crippen LogP contribution in [0.5, 0.6) is 0 Å². The summed E-state index contributed by atoms with van der Waals surface area (Å²) in [4.78, 5) is 15.1. The molecule has 0 saturated carbocycles. The molecular weight excluding hydrogens is 280 g/mol. The summed E-state index contributed by atoms with van der Waals surface area (Å²) in [5, 5.41) is 3.44. The van der Waals surface area contributed by atoms with E-state index in [1.54, 1.807) is 18.2 Å². The van der Waals surface area contributed by atoms with Crippen LogP contribution in [0.1, 0.15) is 23.2 Å². The van der Waals surface area contributed by atoms with Gasteiger partial charge < -0.3 is 10.2 Å². The number of rotatable bonds is 3. The molecule has 0 radical (unpaired) electrons. The number of hydrogen-bond acceptors (Lipinski definition) is 3. The van der Waals surface area contributed by atoms with E-state index in [1.807, 2.05) is 0 Å². The van der Waals surface area contributed by atoms with Gasteiger partial charge in [0.15, 0.2) is 0 Å². The number of carbonyl (C=O) groups is 1. The number of amides is 1. The van der Waals surface area contributed by atoms with Crippen molar-refractivity contribution >= 4 is 30.1 Å². The molecule has 0 bridgehead atoms. The van der Waals surface area contributed by atoms with Gasteiger partial charge in [-0.25, -0.2) is 0 Å². The molecule has 2 rings (SSSR count). The van der Waals surface area contributed by atoms with E-state index in [0.29, 0.717) is 23.0 Å². The molecule has 1 aliphatic rings. The number of piperidine rings is 1. The minimum atomic E-state index is -0.117. The first kappa shape index (κ1) is 14.7.